The third-order valence-corrected chi connectivity index (χ3v) is 2.16. The first-order chi connectivity index (χ1) is 6.81. The molecule has 0 unspecified atom stereocenters. The van der Waals surface area contributed by atoms with E-state index in [9.17, 15) is 0 Å². The van der Waals surface area contributed by atoms with Gasteiger partial charge in [-0.15, -0.1) is 0 Å². The normalized spacial score (nSPS) is 13.2. The summed E-state index contributed by atoms with van der Waals surface area (Å²) in [4.78, 5) is 0. The smallest absolute Gasteiger partial charge is 0.0348 e. The van der Waals surface area contributed by atoms with Crippen LogP contribution in [0, 0.1) is 0 Å². The molecule has 0 aromatic rings. The first-order valence-corrected chi connectivity index (χ1v) is 5.77. The van der Waals surface area contributed by atoms with E-state index in [1.807, 2.05) is 6.92 Å². The highest BCUT2D eigenvalue weighted by atomic mass is 13.9. The van der Waals surface area contributed by atoms with Gasteiger partial charge in [-0.3, -0.25) is 0 Å². The van der Waals surface area contributed by atoms with E-state index in [0.717, 1.165) is 0 Å². The highest BCUT2D eigenvalue weighted by molar-refractivity contribution is 5.21. The molecule has 14 heavy (non-hydrogen) atoms. The monoisotopic (exact) mass is 192 g/mol. The van der Waals surface area contributed by atoms with Gasteiger partial charge in [0.25, 0.3) is 0 Å². The van der Waals surface area contributed by atoms with E-state index in [1.54, 1.807) is 0 Å². The molecule has 0 aliphatic heterocycles. The lowest BCUT2D eigenvalue weighted by atomic mass is 10.1. The zero-order valence-electron chi connectivity index (χ0n) is 9.92. The van der Waals surface area contributed by atoms with Gasteiger partial charge < -0.3 is 0 Å². The van der Waals surface area contributed by atoms with Gasteiger partial charge >= 0.3 is 0 Å². The molecule has 80 valence electrons. The van der Waals surface area contributed by atoms with Crippen LogP contribution >= 0.6 is 0 Å². The van der Waals surface area contributed by atoms with Crippen LogP contribution in [0.15, 0.2) is 36.0 Å². The molecule has 0 spiro atoms. The van der Waals surface area contributed by atoms with Crippen molar-refractivity contribution < 1.29 is 0 Å². The van der Waals surface area contributed by atoms with Gasteiger partial charge in [0.05, 0.1) is 0 Å². The van der Waals surface area contributed by atoms with Gasteiger partial charge in [0.15, 0.2) is 0 Å². The van der Waals surface area contributed by atoms with Gasteiger partial charge in [0.2, 0.25) is 0 Å². The van der Waals surface area contributed by atoms with Gasteiger partial charge in [0.1, 0.15) is 0 Å². The molecule has 0 heteroatoms. The second-order valence-electron chi connectivity index (χ2n) is 3.69. The van der Waals surface area contributed by atoms with Gasteiger partial charge in [-0.2, -0.15) is 0 Å². The van der Waals surface area contributed by atoms with Crippen molar-refractivity contribution in [2.45, 2.75) is 52.9 Å². The second kappa shape index (κ2) is 10.3. The van der Waals surface area contributed by atoms with E-state index in [4.69, 9.17) is 0 Å². The fraction of sp³-hybridized carbons (Fsp3) is 0.571. The highest BCUT2D eigenvalue weighted by Gasteiger charge is 1.84. The maximum atomic E-state index is 2.28. The highest BCUT2D eigenvalue weighted by Crippen LogP contribution is 2.04. The number of allylic oxidation sites excluding steroid dienone is 6. The van der Waals surface area contributed by atoms with Crippen LogP contribution in [0.5, 0.6) is 0 Å². The summed E-state index contributed by atoms with van der Waals surface area (Å²) in [5, 5.41) is 0. The van der Waals surface area contributed by atoms with Crippen LogP contribution < -0.4 is 0 Å². The van der Waals surface area contributed by atoms with Crippen LogP contribution in [-0.2, 0) is 0 Å². The van der Waals surface area contributed by atoms with E-state index in [2.05, 4.69) is 44.2 Å². The largest absolute Gasteiger partial charge is 0.0877 e. The minimum Gasteiger partial charge on any atom is -0.0877 e. The summed E-state index contributed by atoms with van der Waals surface area (Å²) in [6.45, 7) is 6.43. The number of rotatable bonds is 7. The van der Waals surface area contributed by atoms with Crippen LogP contribution in [0.3, 0.4) is 0 Å². The third-order valence-electron chi connectivity index (χ3n) is 2.16. The molecule has 0 aromatic carbocycles. The van der Waals surface area contributed by atoms with Gasteiger partial charge in [-0.05, 0) is 26.7 Å². The zero-order chi connectivity index (χ0) is 10.6. The Balaban J connectivity index is 3.51. The minimum absolute atomic E-state index is 1.22. The van der Waals surface area contributed by atoms with E-state index in [0.29, 0.717) is 0 Å². The van der Waals surface area contributed by atoms with Crippen molar-refractivity contribution in [2.24, 2.45) is 0 Å². The summed E-state index contributed by atoms with van der Waals surface area (Å²) >= 11 is 0. The Hall–Kier alpha value is -0.780. The molecule has 0 saturated carbocycles. The predicted octanol–water partition coefficient (Wildman–Crippen LogP) is 5.04. The van der Waals surface area contributed by atoms with Crippen LogP contribution in [0.2, 0.25) is 0 Å². The summed E-state index contributed by atoms with van der Waals surface area (Å²) in [5.41, 5.74) is 1.33. The van der Waals surface area contributed by atoms with E-state index in [1.165, 1.54) is 37.7 Å². The summed E-state index contributed by atoms with van der Waals surface area (Å²) in [7, 11) is 0. The molecule has 0 rings (SSSR count). The topological polar surface area (TPSA) is 0 Å². The number of hydrogen-bond donors (Lipinski definition) is 0. The molecule has 0 amide bonds. The molecule has 0 bridgehead atoms. The van der Waals surface area contributed by atoms with Gasteiger partial charge in [-0.25, -0.2) is 0 Å². The van der Waals surface area contributed by atoms with E-state index >= 15 is 0 Å². The fourth-order valence-electron chi connectivity index (χ4n) is 1.26. The summed E-state index contributed by atoms with van der Waals surface area (Å²) in [5.74, 6) is 0. The zero-order valence-corrected chi connectivity index (χ0v) is 9.92. The molecule has 0 radical (unpaired) electrons. The van der Waals surface area contributed by atoms with Crippen molar-refractivity contribution in [2.75, 3.05) is 0 Å². The minimum atomic E-state index is 1.22. The molecule has 0 aromatic heterocycles. The molecular formula is C14H24. The second-order valence-corrected chi connectivity index (χ2v) is 3.69. The van der Waals surface area contributed by atoms with E-state index in [-0.39, 0.29) is 0 Å². The van der Waals surface area contributed by atoms with Crippen LogP contribution in [0.1, 0.15) is 52.9 Å². The lowest BCUT2D eigenvalue weighted by Gasteiger charge is -1.94. The predicted molar refractivity (Wildman–Crippen MR) is 66.5 cm³/mol. The van der Waals surface area contributed by atoms with Gasteiger partial charge in [0, 0.05) is 0 Å². The lowest BCUT2D eigenvalue weighted by Crippen LogP contribution is -1.74. The summed E-state index contributed by atoms with van der Waals surface area (Å²) < 4.78 is 0. The average Bonchev–Trinajstić information content (AvgIpc) is 2.20. The maximum Gasteiger partial charge on any atom is -0.0348 e. The average molecular weight is 192 g/mol. The Labute approximate surface area is 89.4 Å². The first-order valence-electron chi connectivity index (χ1n) is 5.77. The molecular weight excluding hydrogens is 168 g/mol. The molecule has 0 aliphatic carbocycles. The third kappa shape index (κ3) is 9.31. The Morgan fingerprint density at radius 2 is 1.93 bits per heavy atom. The van der Waals surface area contributed by atoms with E-state index < -0.39 is 0 Å². The van der Waals surface area contributed by atoms with Crippen molar-refractivity contribution in [3.63, 3.8) is 0 Å². The van der Waals surface area contributed by atoms with Crippen molar-refractivity contribution >= 4 is 0 Å². The van der Waals surface area contributed by atoms with Gasteiger partial charge in [-0.1, -0.05) is 62.1 Å². The Bertz CT molecular complexity index is 194. The molecule has 0 fully saturated rings. The van der Waals surface area contributed by atoms with Crippen LogP contribution in [-0.4, -0.2) is 0 Å². The van der Waals surface area contributed by atoms with Crippen LogP contribution in [0.25, 0.3) is 0 Å². The SMILES string of the molecule is C/C=C/C=C(C)\C=C\CCCCCC. The van der Waals surface area contributed by atoms with Crippen LogP contribution in [0.4, 0.5) is 0 Å². The van der Waals surface area contributed by atoms with Crippen molar-refractivity contribution in [3.05, 3.63) is 36.0 Å². The summed E-state index contributed by atoms with van der Waals surface area (Å²) in [6, 6.07) is 0. The standard InChI is InChI=1S/C14H24/c1-4-6-8-9-10-11-13-14(3)12-7-5-2/h5,7,11-13H,4,6,8-10H2,1-3H3/b7-5+,13-11+,14-12-. The first kappa shape index (κ1) is 13.2. The maximum absolute atomic E-state index is 2.28. The van der Waals surface area contributed by atoms with Crippen molar-refractivity contribution in [3.8, 4) is 0 Å². The molecule has 0 N–H and O–H groups in total. The quantitative estimate of drug-likeness (QED) is 0.392. The Morgan fingerprint density at radius 1 is 1.14 bits per heavy atom. The molecule has 0 saturated heterocycles. The Kier molecular flexibility index (Phi) is 9.73. The summed E-state index contributed by atoms with van der Waals surface area (Å²) in [6.07, 6.45) is 17.4. The Morgan fingerprint density at radius 3 is 2.57 bits per heavy atom. The molecule has 0 atom stereocenters. The molecule has 0 nitrogen and oxygen atoms in total. The molecule has 0 heterocycles. The molecule has 0 aliphatic rings. The number of hydrogen-bond acceptors (Lipinski definition) is 0. The lowest BCUT2D eigenvalue weighted by molar-refractivity contribution is 0.674. The number of unbranched alkanes of at least 4 members (excludes halogenated alkanes) is 4. The fourth-order valence-corrected chi connectivity index (χ4v) is 1.26. The van der Waals surface area contributed by atoms with Crippen molar-refractivity contribution in [1.82, 2.24) is 0 Å². The van der Waals surface area contributed by atoms with Crippen molar-refractivity contribution in [1.29, 1.82) is 0 Å².